The fraction of sp³-hybridized carbons (Fsp3) is 0.0789. The number of hydrogen-bond acceptors (Lipinski definition) is 1. The van der Waals surface area contributed by atoms with Gasteiger partial charge in [0, 0.05) is 11.8 Å². The highest BCUT2D eigenvalue weighted by Crippen LogP contribution is 2.49. The topological polar surface area (TPSA) is 12.9 Å². The summed E-state index contributed by atoms with van der Waals surface area (Å²) < 4.78 is 0. The van der Waals surface area contributed by atoms with Gasteiger partial charge >= 0.3 is 0 Å². The maximum atomic E-state index is 5.00. The molecule has 0 radical (unpaired) electrons. The molecule has 1 heterocycles. The molecule has 40 heavy (non-hydrogen) atoms. The van der Waals surface area contributed by atoms with Crippen molar-refractivity contribution in [1.29, 1.82) is 0 Å². The van der Waals surface area contributed by atoms with Gasteiger partial charge < -0.3 is 0 Å². The van der Waals surface area contributed by atoms with E-state index in [2.05, 4.69) is 153 Å². The summed E-state index contributed by atoms with van der Waals surface area (Å²) in [4.78, 5) is 5.00. The third kappa shape index (κ3) is 4.83. The van der Waals surface area contributed by atoms with Crippen LogP contribution in [-0.4, -0.2) is 13.1 Å². The van der Waals surface area contributed by atoms with Crippen molar-refractivity contribution in [3.05, 3.63) is 146 Å². The molecule has 0 unspecified atom stereocenters. The first-order chi connectivity index (χ1) is 19.5. The van der Waals surface area contributed by atoms with Gasteiger partial charge in [-0.25, -0.2) is 0 Å². The molecule has 0 spiro atoms. The van der Waals surface area contributed by atoms with Crippen LogP contribution >= 0.6 is 0 Å². The maximum Gasteiger partial charge on any atom is 0.0793 e. The van der Waals surface area contributed by atoms with Crippen LogP contribution in [0.5, 0.6) is 0 Å². The zero-order valence-corrected chi connectivity index (χ0v) is 24.3. The Labute approximate surface area is 238 Å². The van der Waals surface area contributed by atoms with Gasteiger partial charge in [-0.3, -0.25) is 4.98 Å². The maximum absolute atomic E-state index is 5.00. The average molecular weight is 532 g/mol. The largest absolute Gasteiger partial charge is 0.256 e. The van der Waals surface area contributed by atoms with Crippen LogP contribution in [0, 0.1) is 0 Å². The number of hydrogen-bond donors (Lipinski definition) is 0. The van der Waals surface area contributed by atoms with Crippen molar-refractivity contribution in [2.75, 3.05) is 0 Å². The van der Waals surface area contributed by atoms with Gasteiger partial charge in [-0.05, 0) is 61.8 Å². The highest BCUT2D eigenvalue weighted by atomic mass is 28.3. The second-order valence-electron chi connectivity index (χ2n) is 11.2. The first-order valence-corrected chi connectivity index (χ1v) is 17.4. The lowest BCUT2D eigenvalue weighted by Gasteiger charge is -2.33. The summed E-state index contributed by atoms with van der Waals surface area (Å²) in [7, 11) is -1.98. The molecule has 0 aliphatic heterocycles. The molecule has 0 saturated carbocycles. The Kier molecular flexibility index (Phi) is 7.02. The molecule has 0 fully saturated rings. The Bertz CT molecular complexity index is 1620. The molecule has 1 aromatic heterocycles. The predicted octanol–water partition coefficient (Wildman–Crippen LogP) is 9.96. The summed E-state index contributed by atoms with van der Waals surface area (Å²) in [5, 5.41) is 1.44. The normalized spacial score (nSPS) is 11.4. The van der Waals surface area contributed by atoms with Gasteiger partial charge in [0.05, 0.1) is 13.8 Å². The third-order valence-electron chi connectivity index (χ3n) is 7.42. The molecule has 6 rings (SSSR count). The van der Waals surface area contributed by atoms with E-state index in [0.717, 1.165) is 5.69 Å². The van der Waals surface area contributed by atoms with Gasteiger partial charge in [-0.2, -0.15) is 0 Å². The summed E-state index contributed by atoms with van der Waals surface area (Å²) >= 11 is 0. The number of nitrogens with zero attached hydrogens (tertiary/aromatic N) is 1. The molecule has 0 saturated heterocycles. The van der Waals surface area contributed by atoms with E-state index in [1.54, 1.807) is 0 Å². The molecule has 0 aliphatic carbocycles. The van der Waals surface area contributed by atoms with E-state index >= 15 is 0 Å². The van der Waals surface area contributed by atoms with Crippen LogP contribution in [0.1, 0.15) is 0 Å². The Morgan fingerprint density at radius 2 is 0.725 bits per heavy atom. The second kappa shape index (κ2) is 10.9. The summed E-state index contributed by atoms with van der Waals surface area (Å²) in [5.74, 6) is 0. The Morgan fingerprint density at radius 3 is 1.10 bits per heavy atom. The van der Waals surface area contributed by atoms with Gasteiger partial charge in [0.1, 0.15) is 0 Å². The lowest BCUT2D eigenvalue weighted by Crippen LogP contribution is -2.41. The van der Waals surface area contributed by atoms with Crippen LogP contribution in [0.25, 0.3) is 55.8 Å². The molecule has 5 aromatic carbocycles. The van der Waals surface area contributed by atoms with E-state index in [-0.39, 0.29) is 0 Å². The number of benzene rings is 5. The van der Waals surface area contributed by atoms with Crippen molar-refractivity contribution in [3.8, 4) is 55.8 Å². The quantitative estimate of drug-likeness (QED) is 0.195. The highest BCUT2D eigenvalue weighted by Gasteiger charge is 2.34. The van der Waals surface area contributed by atoms with Gasteiger partial charge in [0.15, 0.2) is 0 Å². The van der Waals surface area contributed by atoms with Gasteiger partial charge in [0.2, 0.25) is 0 Å². The van der Waals surface area contributed by atoms with Crippen LogP contribution in [0.3, 0.4) is 0 Å². The standard InChI is InChI=1S/C38H33NSi/c1-40(2,3)38-36(31-24-14-7-15-25-31)34(29-20-10-5-11-21-29)33(28-18-8-4-9-19-28)35(30-22-12-6-13-23-30)37(38)32-26-16-17-27-39-32/h4-27H,1-3H3. The lowest BCUT2D eigenvalue weighted by atomic mass is 9.79. The van der Waals surface area contributed by atoms with Crippen LogP contribution in [0.2, 0.25) is 19.6 Å². The summed E-state index contributed by atoms with van der Waals surface area (Å²) in [6.45, 7) is 7.40. The minimum absolute atomic E-state index is 1.02. The van der Waals surface area contributed by atoms with Crippen LogP contribution in [0.4, 0.5) is 0 Å². The zero-order valence-electron chi connectivity index (χ0n) is 23.3. The minimum Gasteiger partial charge on any atom is -0.256 e. The van der Waals surface area contributed by atoms with Crippen molar-refractivity contribution < 1.29 is 0 Å². The molecular weight excluding hydrogens is 499 g/mol. The first-order valence-electron chi connectivity index (χ1n) is 13.9. The summed E-state index contributed by atoms with van der Waals surface area (Å²) in [6, 6.07) is 50.0. The van der Waals surface area contributed by atoms with E-state index in [1.165, 1.54) is 55.3 Å². The molecule has 194 valence electrons. The van der Waals surface area contributed by atoms with Gasteiger partial charge in [-0.15, -0.1) is 0 Å². The van der Waals surface area contributed by atoms with E-state index in [9.17, 15) is 0 Å². The Morgan fingerprint density at radius 1 is 0.375 bits per heavy atom. The number of aromatic nitrogens is 1. The van der Waals surface area contributed by atoms with Crippen LogP contribution < -0.4 is 5.19 Å². The Balaban J connectivity index is 1.96. The molecule has 0 amide bonds. The Hall–Kier alpha value is -4.53. The SMILES string of the molecule is C[Si](C)(C)c1c(-c2ccccc2)c(-c2ccccc2)c(-c2ccccc2)c(-c2ccccc2)c1-c1ccccn1. The average Bonchev–Trinajstić information content (AvgIpc) is 3.01. The minimum atomic E-state index is -1.98. The molecule has 0 bridgehead atoms. The summed E-state index contributed by atoms with van der Waals surface area (Å²) in [6.07, 6.45) is 1.92. The number of pyridine rings is 1. The highest BCUT2D eigenvalue weighted by molar-refractivity contribution is 6.91. The summed E-state index contributed by atoms with van der Waals surface area (Å²) in [5.41, 5.74) is 12.3. The molecule has 6 aromatic rings. The van der Waals surface area contributed by atoms with E-state index in [1.807, 2.05) is 12.3 Å². The van der Waals surface area contributed by atoms with Crippen molar-refractivity contribution in [2.45, 2.75) is 19.6 Å². The van der Waals surface area contributed by atoms with Crippen LogP contribution in [-0.2, 0) is 0 Å². The first kappa shape index (κ1) is 25.7. The molecule has 1 nitrogen and oxygen atoms in total. The van der Waals surface area contributed by atoms with E-state index < -0.39 is 8.07 Å². The number of rotatable bonds is 6. The predicted molar refractivity (Wildman–Crippen MR) is 174 cm³/mol. The molecule has 0 atom stereocenters. The molecule has 2 heteroatoms. The monoisotopic (exact) mass is 531 g/mol. The lowest BCUT2D eigenvalue weighted by molar-refractivity contribution is 1.33. The van der Waals surface area contributed by atoms with Crippen molar-refractivity contribution in [2.24, 2.45) is 0 Å². The fourth-order valence-electron chi connectivity index (χ4n) is 5.84. The second-order valence-corrected chi connectivity index (χ2v) is 16.2. The van der Waals surface area contributed by atoms with Gasteiger partial charge in [-0.1, -0.05) is 147 Å². The third-order valence-corrected chi connectivity index (χ3v) is 9.42. The van der Waals surface area contributed by atoms with Crippen LogP contribution in [0.15, 0.2) is 146 Å². The van der Waals surface area contributed by atoms with E-state index in [4.69, 9.17) is 4.98 Å². The molecular formula is C38H33NSi. The zero-order chi connectivity index (χ0) is 27.5. The van der Waals surface area contributed by atoms with Crippen molar-refractivity contribution in [1.82, 2.24) is 4.98 Å². The fourth-order valence-corrected chi connectivity index (χ4v) is 7.86. The van der Waals surface area contributed by atoms with Gasteiger partial charge in [0.25, 0.3) is 0 Å². The smallest absolute Gasteiger partial charge is 0.0793 e. The van der Waals surface area contributed by atoms with Crippen molar-refractivity contribution in [3.63, 3.8) is 0 Å². The molecule has 0 aliphatic rings. The molecule has 0 N–H and O–H groups in total. The van der Waals surface area contributed by atoms with E-state index in [0.29, 0.717) is 0 Å². The van der Waals surface area contributed by atoms with Crippen molar-refractivity contribution >= 4 is 13.3 Å².